The molecule has 0 unspecified atom stereocenters. The zero-order valence-electron chi connectivity index (χ0n) is 12.0. The van der Waals surface area contributed by atoms with Crippen molar-refractivity contribution in [3.63, 3.8) is 0 Å². The fourth-order valence-corrected chi connectivity index (χ4v) is 3.47. The van der Waals surface area contributed by atoms with Crippen LogP contribution >= 0.6 is 0 Å². The number of amides is 2. The predicted octanol–water partition coefficient (Wildman–Crippen LogP) is 1.15. The number of hydrogen-bond donors (Lipinski definition) is 1. The Labute approximate surface area is 124 Å². The van der Waals surface area contributed by atoms with Gasteiger partial charge in [0.15, 0.2) is 9.84 Å². The summed E-state index contributed by atoms with van der Waals surface area (Å²) in [7, 11) is -1.59. The number of fused-ring (bicyclic) bond motifs is 1. The van der Waals surface area contributed by atoms with Gasteiger partial charge in [0.1, 0.15) is 0 Å². The average molecular weight is 310 g/mol. The molecular formula is C14H18N2O4S. The molecule has 0 saturated heterocycles. The highest BCUT2D eigenvalue weighted by molar-refractivity contribution is 7.91. The van der Waals surface area contributed by atoms with Gasteiger partial charge >= 0.3 is 0 Å². The van der Waals surface area contributed by atoms with E-state index in [1.54, 1.807) is 18.2 Å². The van der Waals surface area contributed by atoms with Crippen molar-refractivity contribution in [3.05, 3.63) is 29.3 Å². The molecule has 0 radical (unpaired) electrons. The first-order valence-electron chi connectivity index (χ1n) is 6.76. The van der Waals surface area contributed by atoms with E-state index in [9.17, 15) is 18.0 Å². The van der Waals surface area contributed by atoms with E-state index in [2.05, 4.69) is 5.32 Å². The number of nitrogens with one attached hydrogen (secondary N) is 1. The first kappa shape index (κ1) is 15.5. The summed E-state index contributed by atoms with van der Waals surface area (Å²) in [4.78, 5) is 24.7. The fourth-order valence-electron chi connectivity index (χ4n) is 2.24. The average Bonchev–Trinajstić information content (AvgIpc) is 2.63. The standard InChI is InChI=1S/C14H18N2O4S/c1-3-7-21(19,20)8-6-15-10-4-5-11-12(9-10)14(18)16(2)13(11)17/h4-5,9,15H,3,6-8H2,1-2H3. The van der Waals surface area contributed by atoms with Crippen molar-refractivity contribution in [2.24, 2.45) is 0 Å². The quantitative estimate of drug-likeness (QED) is 0.797. The van der Waals surface area contributed by atoms with Crippen LogP contribution in [-0.4, -0.2) is 50.2 Å². The van der Waals surface area contributed by atoms with E-state index in [0.29, 0.717) is 23.2 Å². The van der Waals surface area contributed by atoms with E-state index in [-0.39, 0.29) is 29.9 Å². The number of sulfone groups is 1. The minimum Gasteiger partial charge on any atom is -0.384 e. The van der Waals surface area contributed by atoms with E-state index in [4.69, 9.17) is 0 Å². The number of carbonyl (C=O) groups is 2. The largest absolute Gasteiger partial charge is 0.384 e. The zero-order chi connectivity index (χ0) is 15.6. The maximum Gasteiger partial charge on any atom is 0.261 e. The van der Waals surface area contributed by atoms with Gasteiger partial charge in [-0.25, -0.2) is 8.42 Å². The minimum atomic E-state index is -3.03. The summed E-state index contributed by atoms with van der Waals surface area (Å²) in [6, 6.07) is 4.85. The molecule has 0 bridgehead atoms. The molecule has 0 aromatic heterocycles. The van der Waals surface area contributed by atoms with Gasteiger partial charge in [-0.05, 0) is 24.6 Å². The highest BCUT2D eigenvalue weighted by Crippen LogP contribution is 2.24. The number of carbonyl (C=O) groups excluding carboxylic acids is 2. The Kier molecular flexibility index (Phi) is 4.32. The van der Waals surface area contributed by atoms with Crippen LogP contribution in [0.15, 0.2) is 18.2 Å². The number of imide groups is 1. The number of nitrogens with zero attached hydrogens (tertiary/aromatic N) is 1. The Morgan fingerprint density at radius 3 is 2.43 bits per heavy atom. The van der Waals surface area contributed by atoms with E-state index >= 15 is 0 Å². The minimum absolute atomic E-state index is 0.0463. The van der Waals surface area contributed by atoms with Gasteiger partial charge in [-0.3, -0.25) is 14.5 Å². The third-order valence-electron chi connectivity index (χ3n) is 3.35. The number of anilines is 1. The third kappa shape index (κ3) is 3.24. The second-order valence-electron chi connectivity index (χ2n) is 5.01. The maximum absolute atomic E-state index is 11.9. The molecule has 0 saturated carbocycles. The van der Waals surface area contributed by atoms with Gasteiger partial charge in [0, 0.05) is 25.0 Å². The number of hydrogen-bond acceptors (Lipinski definition) is 5. The van der Waals surface area contributed by atoms with Gasteiger partial charge in [-0.15, -0.1) is 0 Å². The summed E-state index contributed by atoms with van der Waals surface area (Å²) in [5.74, 6) is -0.425. The molecule has 2 amide bonds. The van der Waals surface area contributed by atoms with Crippen LogP contribution in [-0.2, 0) is 9.84 Å². The summed E-state index contributed by atoms with van der Waals surface area (Å²) in [5, 5.41) is 2.98. The molecule has 1 N–H and O–H groups in total. The summed E-state index contributed by atoms with van der Waals surface area (Å²) in [6.45, 7) is 2.10. The highest BCUT2D eigenvalue weighted by Gasteiger charge is 2.32. The van der Waals surface area contributed by atoms with Crippen LogP contribution in [0.25, 0.3) is 0 Å². The molecule has 6 nitrogen and oxygen atoms in total. The predicted molar refractivity (Wildman–Crippen MR) is 80.3 cm³/mol. The lowest BCUT2D eigenvalue weighted by Crippen LogP contribution is -2.24. The Bertz CT molecular complexity index is 682. The van der Waals surface area contributed by atoms with Crippen molar-refractivity contribution in [3.8, 4) is 0 Å². The smallest absolute Gasteiger partial charge is 0.261 e. The van der Waals surface area contributed by atoms with Crippen LogP contribution in [0.2, 0.25) is 0 Å². The second-order valence-corrected chi connectivity index (χ2v) is 7.31. The summed E-state index contributed by atoms with van der Waals surface area (Å²) in [6.07, 6.45) is 0.601. The lowest BCUT2D eigenvalue weighted by molar-refractivity contribution is 0.0693. The van der Waals surface area contributed by atoms with E-state index in [1.165, 1.54) is 7.05 Å². The lowest BCUT2D eigenvalue weighted by Gasteiger charge is -2.07. The normalized spacial score (nSPS) is 14.5. The van der Waals surface area contributed by atoms with Gasteiger partial charge in [-0.2, -0.15) is 0 Å². The van der Waals surface area contributed by atoms with Crippen LogP contribution in [0.5, 0.6) is 0 Å². The summed E-state index contributed by atoms with van der Waals surface area (Å²) < 4.78 is 23.2. The van der Waals surface area contributed by atoms with Crippen molar-refractivity contribution in [2.45, 2.75) is 13.3 Å². The summed E-state index contributed by atoms with van der Waals surface area (Å²) in [5.41, 5.74) is 1.37. The van der Waals surface area contributed by atoms with Crippen molar-refractivity contribution in [2.75, 3.05) is 30.4 Å². The lowest BCUT2D eigenvalue weighted by atomic mass is 10.1. The van der Waals surface area contributed by atoms with Gasteiger partial charge in [-0.1, -0.05) is 6.92 Å². The number of rotatable bonds is 6. The molecule has 1 aliphatic heterocycles. The van der Waals surface area contributed by atoms with Gasteiger partial charge in [0.25, 0.3) is 11.8 Å². The molecule has 0 fully saturated rings. The second kappa shape index (κ2) is 5.85. The van der Waals surface area contributed by atoms with Crippen LogP contribution in [0.4, 0.5) is 5.69 Å². The Balaban J connectivity index is 2.05. The molecule has 1 aliphatic rings. The SMILES string of the molecule is CCCS(=O)(=O)CCNc1ccc2c(c1)C(=O)N(C)C2=O. The fraction of sp³-hybridized carbons (Fsp3) is 0.429. The van der Waals surface area contributed by atoms with Crippen molar-refractivity contribution in [1.82, 2.24) is 4.90 Å². The van der Waals surface area contributed by atoms with E-state index in [1.807, 2.05) is 6.92 Å². The highest BCUT2D eigenvalue weighted by atomic mass is 32.2. The summed E-state index contributed by atoms with van der Waals surface area (Å²) >= 11 is 0. The molecule has 0 atom stereocenters. The van der Waals surface area contributed by atoms with Crippen LogP contribution < -0.4 is 5.32 Å². The topological polar surface area (TPSA) is 83.6 Å². The van der Waals surface area contributed by atoms with Crippen molar-refractivity contribution < 1.29 is 18.0 Å². The molecule has 0 spiro atoms. The third-order valence-corrected chi connectivity index (χ3v) is 5.20. The van der Waals surface area contributed by atoms with Gasteiger partial charge in [0.05, 0.1) is 16.9 Å². The van der Waals surface area contributed by atoms with E-state index in [0.717, 1.165) is 4.90 Å². The molecule has 7 heteroatoms. The zero-order valence-corrected chi connectivity index (χ0v) is 12.9. The first-order chi connectivity index (χ1) is 9.85. The van der Waals surface area contributed by atoms with Crippen LogP contribution in [0.3, 0.4) is 0 Å². The maximum atomic E-state index is 11.9. The first-order valence-corrected chi connectivity index (χ1v) is 8.58. The molecule has 2 rings (SSSR count). The van der Waals surface area contributed by atoms with Gasteiger partial charge in [0.2, 0.25) is 0 Å². The number of benzene rings is 1. The monoisotopic (exact) mass is 310 g/mol. The van der Waals surface area contributed by atoms with Gasteiger partial charge < -0.3 is 5.32 Å². The molecule has 1 aromatic rings. The molecular weight excluding hydrogens is 292 g/mol. The van der Waals surface area contributed by atoms with Crippen molar-refractivity contribution >= 4 is 27.3 Å². The Morgan fingerprint density at radius 2 is 1.76 bits per heavy atom. The molecule has 1 heterocycles. The Morgan fingerprint density at radius 1 is 1.10 bits per heavy atom. The molecule has 114 valence electrons. The van der Waals surface area contributed by atoms with E-state index < -0.39 is 9.84 Å². The Hall–Kier alpha value is -1.89. The molecule has 21 heavy (non-hydrogen) atoms. The van der Waals surface area contributed by atoms with Crippen molar-refractivity contribution in [1.29, 1.82) is 0 Å². The van der Waals surface area contributed by atoms with Crippen LogP contribution in [0, 0.1) is 0 Å². The molecule has 0 aliphatic carbocycles. The van der Waals surface area contributed by atoms with Crippen LogP contribution in [0.1, 0.15) is 34.1 Å². The molecule has 1 aromatic carbocycles.